The smallest absolute Gasteiger partial charge is 0.282 e. The summed E-state index contributed by atoms with van der Waals surface area (Å²) < 4.78 is 36.3. The minimum absolute atomic E-state index is 0.132. The lowest BCUT2D eigenvalue weighted by molar-refractivity contribution is -0.00951. The van der Waals surface area contributed by atoms with Crippen LogP contribution in [-0.2, 0) is 20.9 Å². The zero-order valence-corrected chi connectivity index (χ0v) is 21.4. The molecule has 8 aliphatic carbocycles. The van der Waals surface area contributed by atoms with Crippen molar-refractivity contribution in [3.63, 3.8) is 0 Å². The lowest BCUT2D eigenvalue weighted by Crippen LogP contribution is -2.51. The molecule has 1 aromatic rings. The second kappa shape index (κ2) is 6.66. The summed E-state index contributed by atoms with van der Waals surface area (Å²) in [5.74, 6) is 4.88. The normalized spacial score (nSPS) is 45.2. The molecule has 0 unspecified atom stereocenters. The fraction of sp³-hybridized carbons (Fsp3) is 0.793. The molecular formula is C29H40O3S. The molecule has 0 aliphatic heterocycles. The molecule has 1 N–H and O–H groups in total. The molecule has 0 radical (unpaired) electrons. The Bertz CT molecular complexity index is 1000. The molecule has 9 rings (SSSR count). The molecule has 33 heavy (non-hydrogen) atoms. The molecule has 0 amide bonds. The molecule has 0 saturated heterocycles. The van der Waals surface area contributed by atoms with E-state index in [2.05, 4.69) is 6.92 Å². The summed E-state index contributed by atoms with van der Waals surface area (Å²) in [6.07, 6.45) is 15.7. The maximum absolute atomic E-state index is 12.9. The Morgan fingerprint density at radius 2 is 0.848 bits per heavy atom. The van der Waals surface area contributed by atoms with E-state index in [1.807, 2.05) is 13.8 Å². The van der Waals surface area contributed by atoms with Gasteiger partial charge < -0.3 is 0 Å². The van der Waals surface area contributed by atoms with Crippen LogP contribution in [0.1, 0.15) is 105 Å². The Balaban J connectivity index is 1.49. The van der Waals surface area contributed by atoms with Gasteiger partial charge in [0.05, 0.1) is 0 Å². The second-order valence-electron chi connectivity index (χ2n) is 13.8. The first-order valence-electron chi connectivity index (χ1n) is 13.7. The first kappa shape index (κ1) is 21.4. The average Bonchev–Trinajstić information content (AvgIpc) is 2.63. The van der Waals surface area contributed by atoms with E-state index in [4.69, 9.17) is 0 Å². The molecule has 180 valence electrons. The van der Waals surface area contributed by atoms with Crippen LogP contribution < -0.4 is 0 Å². The summed E-state index contributed by atoms with van der Waals surface area (Å²) in [6, 6.07) is 0. The molecule has 1 aromatic carbocycles. The second-order valence-corrected chi connectivity index (χ2v) is 15.2. The van der Waals surface area contributed by atoms with Crippen LogP contribution in [0, 0.1) is 56.3 Å². The van der Waals surface area contributed by atoms with E-state index in [1.165, 1.54) is 93.7 Å². The number of hydrogen-bond donors (Lipinski definition) is 1. The SMILES string of the molecule is Cc1c(C23CC4CC(CC(C4)C2)C3)c(C)c(S(=O)(=O)O)c(C)c1C12CC3CC(CC(C3)C1)C2. The topological polar surface area (TPSA) is 54.4 Å². The summed E-state index contributed by atoms with van der Waals surface area (Å²) in [4.78, 5) is 0.268. The Morgan fingerprint density at radius 1 is 0.576 bits per heavy atom. The molecule has 8 bridgehead atoms. The molecule has 8 saturated carbocycles. The maximum Gasteiger partial charge on any atom is 0.295 e. The Kier molecular flexibility index (Phi) is 4.32. The summed E-state index contributed by atoms with van der Waals surface area (Å²) >= 11 is 0. The van der Waals surface area contributed by atoms with Crippen molar-refractivity contribution in [1.29, 1.82) is 0 Å². The molecule has 0 atom stereocenters. The van der Waals surface area contributed by atoms with Gasteiger partial charge in [0.25, 0.3) is 10.1 Å². The molecule has 3 nitrogen and oxygen atoms in total. The van der Waals surface area contributed by atoms with Crippen LogP contribution in [0.4, 0.5) is 0 Å². The fourth-order valence-corrected chi connectivity index (χ4v) is 13.0. The Morgan fingerprint density at radius 3 is 1.09 bits per heavy atom. The van der Waals surface area contributed by atoms with Crippen molar-refractivity contribution in [2.45, 2.75) is 114 Å². The number of benzene rings is 1. The van der Waals surface area contributed by atoms with Crippen LogP contribution in [0.15, 0.2) is 4.90 Å². The van der Waals surface area contributed by atoms with Gasteiger partial charge in [-0.15, -0.1) is 0 Å². The summed E-state index contributed by atoms with van der Waals surface area (Å²) in [5, 5.41) is 0. The predicted molar refractivity (Wildman–Crippen MR) is 130 cm³/mol. The standard InChI is InChI=1S/C29H40O3S/c1-16-25(28-10-19-4-20(11-28)6-21(5-19)12-28)17(2)27(33(30,31)32)18(3)26(16)29-13-22-7-23(14-29)9-24(8-22)15-29/h19-24H,4-15H2,1-3H3,(H,30,31,32). The minimum atomic E-state index is -4.27. The molecule has 8 fully saturated rings. The van der Waals surface area contributed by atoms with Crippen LogP contribution in [0.2, 0.25) is 0 Å². The molecular weight excluding hydrogens is 428 g/mol. The van der Waals surface area contributed by atoms with Crippen LogP contribution >= 0.6 is 0 Å². The van der Waals surface area contributed by atoms with Gasteiger partial charge in [-0.1, -0.05) is 0 Å². The van der Waals surface area contributed by atoms with Crippen molar-refractivity contribution in [2.24, 2.45) is 35.5 Å². The molecule has 0 heterocycles. The first-order valence-corrected chi connectivity index (χ1v) is 15.1. The van der Waals surface area contributed by atoms with E-state index >= 15 is 0 Å². The predicted octanol–water partition coefficient (Wildman–Crippen LogP) is 6.79. The summed E-state index contributed by atoms with van der Waals surface area (Å²) in [5.41, 5.74) is 6.14. The molecule has 0 aromatic heterocycles. The van der Waals surface area contributed by atoms with Gasteiger partial charge in [0, 0.05) is 0 Å². The highest BCUT2D eigenvalue weighted by atomic mass is 32.2. The van der Waals surface area contributed by atoms with Gasteiger partial charge in [-0.25, -0.2) is 0 Å². The third-order valence-corrected chi connectivity index (χ3v) is 12.7. The van der Waals surface area contributed by atoms with Crippen molar-refractivity contribution in [1.82, 2.24) is 0 Å². The van der Waals surface area contributed by atoms with E-state index in [0.717, 1.165) is 46.6 Å². The molecule has 0 spiro atoms. The lowest BCUT2D eigenvalue weighted by atomic mass is 9.45. The third-order valence-electron chi connectivity index (χ3n) is 11.6. The molecule has 8 aliphatic rings. The van der Waals surface area contributed by atoms with Crippen LogP contribution in [0.3, 0.4) is 0 Å². The maximum atomic E-state index is 12.9. The highest BCUT2D eigenvalue weighted by molar-refractivity contribution is 7.86. The van der Waals surface area contributed by atoms with Crippen molar-refractivity contribution in [3.05, 3.63) is 27.8 Å². The van der Waals surface area contributed by atoms with Crippen molar-refractivity contribution >= 4 is 10.1 Å². The quantitative estimate of drug-likeness (QED) is 0.497. The highest BCUT2D eigenvalue weighted by Crippen LogP contribution is 2.65. The first-order chi connectivity index (χ1) is 15.6. The van der Waals surface area contributed by atoms with Crippen molar-refractivity contribution < 1.29 is 13.0 Å². The van der Waals surface area contributed by atoms with Crippen LogP contribution in [-0.4, -0.2) is 13.0 Å². The summed E-state index contributed by atoms with van der Waals surface area (Å²) in [7, 11) is -4.27. The van der Waals surface area contributed by atoms with E-state index in [9.17, 15) is 13.0 Å². The van der Waals surface area contributed by atoms with Crippen LogP contribution in [0.25, 0.3) is 0 Å². The van der Waals surface area contributed by atoms with Crippen molar-refractivity contribution in [2.75, 3.05) is 0 Å². The highest BCUT2D eigenvalue weighted by Gasteiger charge is 2.56. The van der Waals surface area contributed by atoms with Crippen molar-refractivity contribution in [3.8, 4) is 0 Å². The van der Waals surface area contributed by atoms with Gasteiger partial charge in [-0.05, 0) is 172 Å². The fourth-order valence-electron chi connectivity index (χ4n) is 12.0. The molecule has 4 heteroatoms. The lowest BCUT2D eigenvalue weighted by Gasteiger charge is -2.60. The van der Waals surface area contributed by atoms with Gasteiger partial charge in [0.15, 0.2) is 0 Å². The van der Waals surface area contributed by atoms with Gasteiger partial charge in [-0.3, -0.25) is 4.55 Å². The van der Waals surface area contributed by atoms with Gasteiger partial charge in [-0.2, -0.15) is 8.42 Å². The number of hydrogen-bond acceptors (Lipinski definition) is 2. The van der Waals surface area contributed by atoms with Gasteiger partial charge >= 0.3 is 0 Å². The minimum Gasteiger partial charge on any atom is -0.282 e. The zero-order valence-electron chi connectivity index (χ0n) is 20.6. The zero-order chi connectivity index (χ0) is 22.9. The Labute approximate surface area is 199 Å². The average molecular weight is 469 g/mol. The van der Waals surface area contributed by atoms with Gasteiger partial charge in [0.2, 0.25) is 0 Å². The summed E-state index contributed by atoms with van der Waals surface area (Å²) in [6.45, 7) is 6.37. The largest absolute Gasteiger partial charge is 0.295 e. The van der Waals surface area contributed by atoms with Crippen LogP contribution in [0.5, 0.6) is 0 Å². The van der Waals surface area contributed by atoms with Gasteiger partial charge in [0.1, 0.15) is 4.90 Å². The van der Waals surface area contributed by atoms with E-state index < -0.39 is 10.1 Å². The van der Waals surface area contributed by atoms with E-state index in [-0.39, 0.29) is 15.7 Å². The number of rotatable bonds is 3. The van der Waals surface area contributed by atoms with E-state index in [1.54, 1.807) is 0 Å². The van der Waals surface area contributed by atoms with E-state index in [0.29, 0.717) is 0 Å². The third kappa shape index (κ3) is 2.92. The Hall–Kier alpha value is -0.870. The monoisotopic (exact) mass is 468 g/mol.